The van der Waals surface area contributed by atoms with Crippen LogP contribution in [0.2, 0.25) is 0 Å². The molecule has 0 saturated heterocycles. The summed E-state index contributed by atoms with van der Waals surface area (Å²) >= 11 is 0. The number of nitrogen functional groups attached to an aromatic ring is 4. The normalized spacial score (nSPS) is 10.3. The molecule has 1 rings (SSSR count). The number of nitrogens with two attached hydrogens (primary N) is 4. The highest BCUT2D eigenvalue weighted by Crippen LogP contribution is 2.17. The van der Waals surface area contributed by atoms with E-state index in [1.165, 1.54) is 0 Å². The van der Waals surface area contributed by atoms with E-state index in [4.69, 9.17) is 40.5 Å². The van der Waals surface area contributed by atoms with Crippen molar-refractivity contribution in [2.75, 3.05) is 22.9 Å². The molecule has 10 nitrogen and oxygen atoms in total. The lowest BCUT2D eigenvalue weighted by atomic mass is 10.4. The van der Waals surface area contributed by atoms with Crippen molar-refractivity contribution in [1.29, 1.82) is 0 Å². The zero-order valence-electron chi connectivity index (χ0n) is 7.25. The molecule has 0 radical (unpaired) electrons. The molecule has 0 fully saturated rings. The SMILES string of the molecule is Nc1nc(N)c(N)c(N)n1.O=S(=O)([O-])[O-]. The summed E-state index contributed by atoms with van der Waals surface area (Å²) in [7, 11) is -5.17. The summed E-state index contributed by atoms with van der Waals surface area (Å²) < 4.78 is 34.1. The Hall–Kier alpha value is -1.85. The lowest BCUT2D eigenvalue weighted by Gasteiger charge is -2.06. The second kappa shape index (κ2) is 4.59. The highest BCUT2D eigenvalue weighted by molar-refractivity contribution is 7.79. The maximum atomic E-state index is 8.52. The summed E-state index contributed by atoms with van der Waals surface area (Å²) in [5.41, 5.74) is 21.3. The fourth-order valence-corrected chi connectivity index (χ4v) is 0.523. The fraction of sp³-hybridized carbons (Fsp3) is 0. The highest BCUT2D eigenvalue weighted by Gasteiger charge is 2.02. The van der Waals surface area contributed by atoms with Gasteiger partial charge in [0.15, 0.2) is 11.6 Å². The van der Waals surface area contributed by atoms with Crippen LogP contribution in [-0.2, 0) is 10.4 Å². The molecule has 0 spiro atoms. The summed E-state index contributed by atoms with van der Waals surface area (Å²) in [6.45, 7) is 0. The molecule has 0 unspecified atom stereocenters. The molecule has 15 heavy (non-hydrogen) atoms. The lowest BCUT2D eigenvalue weighted by Crippen LogP contribution is -2.07. The van der Waals surface area contributed by atoms with Gasteiger partial charge in [0.1, 0.15) is 5.69 Å². The molecule has 1 heterocycles. The third-order valence-electron chi connectivity index (χ3n) is 1.02. The molecule has 0 bridgehead atoms. The molecule has 0 saturated carbocycles. The minimum atomic E-state index is -5.17. The van der Waals surface area contributed by atoms with Crippen LogP contribution in [0.25, 0.3) is 0 Å². The van der Waals surface area contributed by atoms with Crippen molar-refractivity contribution in [3.8, 4) is 0 Å². The monoisotopic (exact) mass is 236 g/mol. The first kappa shape index (κ1) is 13.2. The number of aromatic nitrogens is 2. The van der Waals surface area contributed by atoms with E-state index in [-0.39, 0.29) is 23.3 Å². The van der Waals surface area contributed by atoms with E-state index in [0.717, 1.165) is 0 Å². The number of nitrogens with zero attached hydrogens (tertiary/aromatic N) is 2. The van der Waals surface area contributed by atoms with E-state index < -0.39 is 10.4 Å². The third kappa shape index (κ3) is 6.25. The number of hydrogen-bond acceptors (Lipinski definition) is 10. The van der Waals surface area contributed by atoms with Crippen LogP contribution in [0, 0.1) is 0 Å². The molecule has 1 aromatic heterocycles. The summed E-state index contributed by atoms with van der Waals surface area (Å²) in [5, 5.41) is 0. The van der Waals surface area contributed by atoms with Crippen molar-refractivity contribution in [2.24, 2.45) is 0 Å². The zero-order chi connectivity index (χ0) is 12.2. The van der Waals surface area contributed by atoms with Crippen molar-refractivity contribution in [2.45, 2.75) is 0 Å². The van der Waals surface area contributed by atoms with E-state index in [2.05, 4.69) is 9.97 Å². The molecule has 86 valence electrons. The van der Waals surface area contributed by atoms with Gasteiger partial charge in [0.2, 0.25) is 5.95 Å². The van der Waals surface area contributed by atoms with Gasteiger partial charge in [0.05, 0.1) is 0 Å². The molecular weight excluding hydrogens is 228 g/mol. The van der Waals surface area contributed by atoms with Crippen molar-refractivity contribution >= 4 is 33.7 Å². The molecular formula is C4H8N6O4S-2. The molecule has 0 aliphatic heterocycles. The Balaban J connectivity index is 0.000000336. The maximum Gasteiger partial charge on any atom is 0.224 e. The Morgan fingerprint density at radius 3 is 1.47 bits per heavy atom. The fourth-order valence-electron chi connectivity index (χ4n) is 0.523. The van der Waals surface area contributed by atoms with Gasteiger partial charge in [-0.15, -0.1) is 0 Å². The second-order valence-corrected chi connectivity index (χ2v) is 2.99. The average Bonchev–Trinajstić information content (AvgIpc) is 1.96. The van der Waals surface area contributed by atoms with Gasteiger partial charge in [-0.2, -0.15) is 9.97 Å². The van der Waals surface area contributed by atoms with Crippen LogP contribution in [0.3, 0.4) is 0 Å². The molecule has 0 aromatic carbocycles. The summed E-state index contributed by atoms with van der Waals surface area (Å²) in [6.07, 6.45) is 0. The van der Waals surface area contributed by atoms with Gasteiger partial charge >= 0.3 is 0 Å². The first-order valence-electron chi connectivity index (χ1n) is 3.22. The van der Waals surface area contributed by atoms with Gasteiger partial charge in [-0.05, 0) is 0 Å². The number of rotatable bonds is 0. The van der Waals surface area contributed by atoms with Crippen LogP contribution in [0.5, 0.6) is 0 Å². The topological polar surface area (TPSA) is 210 Å². The van der Waals surface area contributed by atoms with Gasteiger partial charge in [-0.25, -0.2) is 0 Å². The highest BCUT2D eigenvalue weighted by atomic mass is 32.3. The van der Waals surface area contributed by atoms with Crippen molar-refractivity contribution in [3.05, 3.63) is 0 Å². The third-order valence-corrected chi connectivity index (χ3v) is 1.02. The van der Waals surface area contributed by atoms with E-state index >= 15 is 0 Å². The summed E-state index contributed by atoms with van der Waals surface area (Å²) in [6, 6.07) is 0. The molecule has 1 aromatic rings. The molecule has 11 heteroatoms. The molecule has 0 aliphatic rings. The van der Waals surface area contributed by atoms with Crippen molar-refractivity contribution in [3.63, 3.8) is 0 Å². The van der Waals surface area contributed by atoms with E-state index in [1.54, 1.807) is 0 Å². The zero-order valence-corrected chi connectivity index (χ0v) is 8.06. The minimum Gasteiger partial charge on any atom is -0.759 e. The molecule has 0 aliphatic carbocycles. The van der Waals surface area contributed by atoms with Gasteiger partial charge < -0.3 is 32.0 Å². The van der Waals surface area contributed by atoms with Gasteiger partial charge in [0, 0.05) is 10.4 Å². The predicted molar refractivity (Wildman–Crippen MR) is 50.2 cm³/mol. The van der Waals surface area contributed by atoms with Crippen molar-refractivity contribution < 1.29 is 17.5 Å². The minimum absolute atomic E-state index is 0.0317. The Bertz CT molecular complexity index is 413. The predicted octanol–water partition coefficient (Wildman–Crippen LogP) is -2.53. The smallest absolute Gasteiger partial charge is 0.224 e. The molecule has 0 amide bonds. The Kier molecular flexibility index (Phi) is 4.02. The first-order valence-corrected chi connectivity index (χ1v) is 4.55. The van der Waals surface area contributed by atoms with Crippen LogP contribution in [0.4, 0.5) is 23.3 Å². The Labute approximate surface area is 84.9 Å². The van der Waals surface area contributed by atoms with Gasteiger partial charge in [0.25, 0.3) is 0 Å². The van der Waals surface area contributed by atoms with Crippen LogP contribution in [0.15, 0.2) is 0 Å². The van der Waals surface area contributed by atoms with Crippen LogP contribution in [0.1, 0.15) is 0 Å². The van der Waals surface area contributed by atoms with Crippen LogP contribution >= 0.6 is 0 Å². The number of hydrogen-bond donors (Lipinski definition) is 4. The van der Waals surface area contributed by atoms with Gasteiger partial charge in [-0.1, -0.05) is 0 Å². The average molecular weight is 236 g/mol. The van der Waals surface area contributed by atoms with Crippen LogP contribution in [-0.4, -0.2) is 27.5 Å². The summed E-state index contributed by atoms with van der Waals surface area (Å²) in [5.74, 6) is 0.263. The van der Waals surface area contributed by atoms with Gasteiger partial charge in [-0.3, -0.25) is 8.42 Å². The van der Waals surface area contributed by atoms with Crippen LogP contribution < -0.4 is 22.9 Å². The largest absolute Gasteiger partial charge is 0.759 e. The number of anilines is 4. The lowest BCUT2D eigenvalue weighted by molar-refractivity contribution is 0.352. The van der Waals surface area contributed by atoms with E-state index in [0.29, 0.717) is 0 Å². The summed E-state index contributed by atoms with van der Waals surface area (Å²) in [4.78, 5) is 7.15. The Morgan fingerprint density at radius 1 is 0.933 bits per heavy atom. The van der Waals surface area contributed by atoms with Crippen molar-refractivity contribution in [1.82, 2.24) is 9.97 Å². The van der Waals surface area contributed by atoms with E-state index in [9.17, 15) is 0 Å². The Morgan fingerprint density at radius 2 is 1.20 bits per heavy atom. The molecule has 0 atom stereocenters. The molecule has 8 N–H and O–H groups in total. The standard InChI is InChI=1S/C4H8N6.H2O4S/c5-1-2(6)9-4(8)10-3(1)7;1-5(2,3)4/h5H2,(H6,6,7,8,9,10);(H2,1,2,3,4)/p-2. The second-order valence-electron chi connectivity index (χ2n) is 2.17. The first-order chi connectivity index (χ1) is 6.61. The van der Waals surface area contributed by atoms with E-state index in [1.807, 2.05) is 0 Å². The quantitative estimate of drug-likeness (QED) is 0.273. The maximum absolute atomic E-state index is 8.52.